The van der Waals surface area contributed by atoms with Gasteiger partial charge in [-0.2, -0.15) is 0 Å². The lowest BCUT2D eigenvalue weighted by molar-refractivity contribution is 0.110. The molecule has 94 valence electrons. The largest absolute Gasteiger partial charge is 0.377 e. The van der Waals surface area contributed by atoms with Gasteiger partial charge in [-0.15, -0.1) is 11.8 Å². The molecule has 17 heavy (non-hydrogen) atoms. The van der Waals surface area contributed by atoms with Crippen LogP contribution in [0, 0.1) is 0 Å². The maximum absolute atomic E-state index is 5.56. The van der Waals surface area contributed by atoms with Crippen molar-refractivity contribution in [1.29, 1.82) is 0 Å². The predicted molar refractivity (Wildman–Crippen MR) is 76.7 cm³/mol. The Bertz CT molecular complexity index is 342. The van der Waals surface area contributed by atoms with Crippen molar-refractivity contribution in [3.8, 4) is 0 Å². The van der Waals surface area contributed by atoms with Crippen molar-refractivity contribution in [3.63, 3.8) is 0 Å². The van der Waals surface area contributed by atoms with E-state index in [1.54, 1.807) is 0 Å². The van der Waals surface area contributed by atoms with E-state index in [1.165, 1.54) is 22.2 Å². The topological polar surface area (TPSA) is 21.3 Å². The summed E-state index contributed by atoms with van der Waals surface area (Å²) in [7, 11) is 0. The highest BCUT2D eigenvalue weighted by atomic mass is 79.9. The fourth-order valence-corrected chi connectivity index (χ4v) is 3.34. The van der Waals surface area contributed by atoms with Gasteiger partial charge in [0.1, 0.15) is 0 Å². The van der Waals surface area contributed by atoms with Crippen LogP contribution in [0.15, 0.2) is 33.6 Å². The third kappa shape index (κ3) is 4.62. The Hall–Kier alpha value is -0.0300. The van der Waals surface area contributed by atoms with Crippen molar-refractivity contribution in [1.82, 2.24) is 5.32 Å². The molecule has 1 aliphatic rings. The molecule has 0 aliphatic carbocycles. The average molecular weight is 316 g/mol. The summed E-state index contributed by atoms with van der Waals surface area (Å²) in [5.74, 6) is 1.09. The summed E-state index contributed by atoms with van der Waals surface area (Å²) in [6.07, 6.45) is 2.88. The summed E-state index contributed by atoms with van der Waals surface area (Å²) in [6, 6.07) is 8.35. The lowest BCUT2D eigenvalue weighted by Crippen LogP contribution is -2.27. The Balaban J connectivity index is 1.58. The zero-order valence-corrected chi connectivity index (χ0v) is 12.2. The van der Waals surface area contributed by atoms with Crippen molar-refractivity contribution in [2.75, 3.05) is 25.4 Å². The van der Waals surface area contributed by atoms with Gasteiger partial charge in [0.05, 0.1) is 6.10 Å². The quantitative estimate of drug-likeness (QED) is 0.643. The van der Waals surface area contributed by atoms with E-state index in [4.69, 9.17) is 4.74 Å². The van der Waals surface area contributed by atoms with Gasteiger partial charge in [0.25, 0.3) is 0 Å². The standard InChI is InChI=1S/C13H18BrNOS/c14-12-5-1-2-6-13(12)17-9-7-15-10-11-4-3-8-16-11/h1-2,5-6,11,15H,3-4,7-10H2. The molecule has 1 aromatic rings. The number of benzene rings is 1. The van der Waals surface area contributed by atoms with Crippen LogP contribution in [-0.2, 0) is 4.74 Å². The highest BCUT2D eigenvalue weighted by Crippen LogP contribution is 2.26. The van der Waals surface area contributed by atoms with Crippen LogP contribution < -0.4 is 5.32 Å². The van der Waals surface area contributed by atoms with Gasteiger partial charge in [0.2, 0.25) is 0 Å². The van der Waals surface area contributed by atoms with Gasteiger partial charge in [-0.3, -0.25) is 0 Å². The molecule has 1 aliphatic heterocycles. The van der Waals surface area contributed by atoms with Crippen molar-refractivity contribution in [3.05, 3.63) is 28.7 Å². The van der Waals surface area contributed by atoms with Crippen LogP contribution in [0.3, 0.4) is 0 Å². The molecular weight excluding hydrogens is 298 g/mol. The molecule has 0 spiro atoms. The molecule has 4 heteroatoms. The lowest BCUT2D eigenvalue weighted by Gasteiger charge is -2.10. The highest BCUT2D eigenvalue weighted by Gasteiger charge is 2.14. The molecule has 2 rings (SSSR count). The smallest absolute Gasteiger partial charge is 0.0700 e. The number of rotatable bonds is 6. The van der Waals surface area contributed by atoms with Gasteiger partial charge in [0.15, 0.2) is 0 Å². The molecule has 1 N–H and O–H groups in total. The molecule has 1 fully saturated rings. The lowest BCUT2D eigenvalue weighted by atomic mass is 10.2. The van der Waals surface area contributed by atoms with Crippen LogP contribution in [0.1, 0.15) is 12.8 Å². The van der Waals surface area contributed by atoms with Gasteiger partial charge >= 0.3 is 0 Å². The van der Waals surface area contributed by atoms with Gasteiger partial charge < -0.3 is 10.1 Å². The van der Waals surface area contributed by atoms with Crippen molar-refractivity contribution < 1.29 is 4.74 Å². The molecule has 1 unspecified atom stereocenters. The van der Waals surface area contributed by atoms with E-state index >= 15 is 0 Å². The molecule has 0 bridgehead atoms. The third-order valence-electron chi connectivity index (χ3n) is 2.77. The molecule has 1 heterocycles. The Morgan fingerprint density at radius 3 is 3.06 bits per heavy atom. The van der Waals surface area contributed by atoms with Gasteiger partial charge in [-0.1, -0.05) is 12.1 Å². The van der Waals surface area contributed by atoms with E-state index < -0.39 is 0 Å². The Morgan fingerprint density at radius 2 is 2.29 bits per heavy atom. The zero-order valence-electron chi connectivity index (χ0n) is 9.82. The third-order valence-corrected chi connectivity index (χ3v) is 4.80. The maximum atomic E-state index is 5.56. The molecule has 0 aromatic heterocycles. The number of thioether (sulfide) groups is 1. The molecule has 2 nitrogen and oxygen atoms in total. The summed E-state index contributed by atoms with van der Waals surface area (Å²) < 4.78 is 6.74. The van der Waals surface area contributed by atoms with Gasteiger partial charge in [-0.25, -0.2) is 0 Å². The van der Waals surface area contributed by atoms with Crippen molar-refractivity contribution in [2.24, 2.45) is 0 Å². The van der Waals surface area contributed by atoms with E-state index in [0.29, 0.717) is 6.10 Å². The minimum atomic E-state index is 0.448. The van der Waals surface area contributed by atoms with Crippen LogP contribution in [0.5, 0.6) is 0 Å². The van der Waals surface area contributed by atoms with Crippen LogP contribution in [-0.4, -0.2) is 31.6 Å². The van der Waals surface area contributed by atoms with Gasteiger partial charge in [0, 0.05) is 34.8 Å². The van der Waals surface area contributed by atoms with E-state index in [0.717, 1.165) is 25.4 Å². The number of hydrogen-bond acceptors (Lipinski definition) is 3. The first kappa shape index (κ1) is 13.4. The van der Waals surface area contributed by atoms with E-state index in [-0.39, 0.29) is 0 Å². The predicted octanol–water partition coefficient (Wildman–Crippen LogP) is 3.31. The van der Waals surface area contributed by atoms with E-state index in [2.05, 4.69) is 39.4 Å². The maximum Gasteiger partial charge on any atom is 0.0700 e. The Kier molecular flexibility index (Phi) is 5.85. The highest BCUT2D eigenvalue weighted by molar-refractivity contribution is 9.10. The van der Waals surface area contributed by atoms with Crippen molar-refractivity contribution in [2.45, 2.75) is 23.8 Å². The number of ether oxygens (including phenoxy) is 1. The second kappa shape index (κ2) is 7.41. The summed E-state index contributed by atoms with van der Waals surface area (Å²) >= 11 is 5.44. The van der Waals surface area contributed by atoms with Crippen LogP contribution in [0.2, 0.25) is 0 Å². The first-order valence-corrected chi connectivity index (χ1v) is 7.84. The summed E-state index contributed by atoms with van der Waals surface area (Å²) in [4.78, 5) is 1.31. The molecule has 0 saturated carbocycles. The molecule has 0 amide bonds. The first-order chi connectivity index (χ1) is 8.36. The Morgan fingerprint density at radius 1 is 1.41 bits per heavy atom. The summed E-state index contributed by atoms with van der Waals surface area (Å²) in [5.41, 5.74) is 0. The SMILES string of the molecule is Brc1ccccc1SCCNCC1CCCO1. The Labute approximate surface area is 116 Å². The van der Waals surface area contributed by atoms with E-state index in [1.807, 2.05) is 17.8 Å². The molecule has 1 atom stereocenters. The minimum Gasteiger partial charge on any atom is -0.377 e. The molecular formula is C13H18BrNOS. The number of hydrogen-bond donors (Lipinski definition) is 1. The fourth-order valence-electron chi connectivity index (χ4n) is 1.86. The van der Waals surface area contributed by atoms with Crippen LogP contribution >= 0.6 is 27.7 Å². The van der Waals surface area contributed by atoms with Gasteiger partial charge in [-0.05, 0) is 40.9 Å². The monoisotopic (exact) mass is 315 g/mol. The fraction of sp³-hybridized carbons (Fsp3) is 0.538. The number of nitrogens with one attached hydrogen (secondary N) is 1. The van der Waals surface area contributed by atoms with Crippen LogP contribution in [0.4, 0.5) is 0 Å². The summed E-state index contributed by atoms with van der Waals surface area (Å²) in [5, 5.41) is 3.46. The first-order valence-electron chi connectivity index (χ1n) is 6.06. The van der Waals surface area contributed by atoms with Crippen molar-refractivity contribution >= 4 is 27.7 Å². The second-order valence-corrected chi connectivity index (χ2v) is 6.11. The van der Waals surface area contributed by atoms with Crippen LogP contribution in [0.25, 0.3) is 0 Å². The molecule has 1 aromatic carbocycles. The summed E-state index contributed by atoms with van der Waals surface area (Å²) in [6.45, 7) is 2.97. The molecule has 1 saturated heterocycles. The van der Waals surface area contributed by atoms with E-state index in [9.17, 15) is 0 Å². The average Bonchev–Trinajstić information content (AvgIpc) is 2.84. The number of halogens is 1. The zero-order chi connectivity index (χ0) is 11.9. The normalized spacial score (nSPS) is 19.7. The molecule has 0 radical (unpaired) electrons. The minimum absolute atomic E-state index is 0.448. The second-order valence-electron chi connectivity index (χ2n) is 4.12.